The normalized spacial score (nSPS) is 18.5. The topological polar surface area (TPSA) is 89.3 Å². The Morgan fingerprint density at radius 3 is 2.94 bits per heavy atom. The molecule has 1 fully saturated rings. The minimum absolute atomic E-state index is 0.0922. The van der Waals surface area contributed by atoms with E-state index in [4.69, 9.17) is 4.74 Å². The molecule has 0 spiro atoms. The molecule has 1 saturated heterocycles. The molecule has 1 aliphatic heterocycles. The lowest BCUT2D eigenvalue weighted by Gasteiger charge is -2.32. The molecule has 0 aliphatic carbocycles. The van der Waals surface area contributed by atoms with Gasteiger partial charge in [0, 0.05) is 39.0 Å². The summed E-state index contributed by atoms with van der Waals surface area (Å²) in [6.45, 7) is 1.87. The van der Waals surface area contributed by atoms with Gasteiger partial charge < -0.3 is 15.2 Å². The van der Waals surface area contributed by atoms with E-state index in [1.54, 1.807) is 11.0 Å². The number of ether oxygens (including phenoxy) is 1. The number of rotatable bonds is 5. The first-order chi connectivity index (χ1) is 8.68. The van der Waals surface area contributed by atoms with Crippen molar-refractivity contribution in [2.24, 2.45) is 0 Å². The van der Waals surface area contributed by atoms with Gasteiger partial charge in [-0.2, -0.15) is 5.10 Å². The van der Waals surface area contributed by atoms with Gasteiger partial charge in [0.15, 0.2) is 0 Å². The summed E-state index contributed by atoms with van der Waals surface area (Å²) in [5.74, 6) is -0.0922. The highest BCUT2D eigenvalue weighted by molar-refractivity contribution is 5.75. The van der Waals surface area contributed by atoms with Crippen molar-refractivity contribution in [1.82, 2.24) is 20.1 Å². The van der Waals surface area contributed by atoms with Crippen LogP contribution in [-0.2, 0) is 16.1 Å². The van der Waals surface area contributed by atoms with Crippen LogP contribution in [0.2, 0.25) is 0 Å². The number of carbonyl (C=O) groups is 1. The molecular weight excluding hydrogens is 236 g/mol. The maximum absolute atomic E-state index is 11.6. The van der Waals surface area contributed by atoms with E-state index in [0.717, 1.165) is 0 Å². The van der Waals surface area contributed by atoms with Crippen LogP contribution in [0.1, 0.15) is 19.3 Å². The lowest BCUT2D eigenvalue weighted by Crippen LogP contribution is -2.46. The summed E-state index contributed by atoms with van der Waals surface area (Å²) in [5, 5.41) is 16.8. The Kier molecular flexibility index (Phi) is 4.27. The summed E-state index contributed by atoms with van der Waals surface area (Å²) in [6, 6.07) is 0. The monoisotopic (exact) mass is 254 g/mol. The first-order valence-corrected chi connectivity index (χ1v) is 6.07. The molecule has 1 aliphatic rings. The third-order valence-electron chi connectivity index (χ3n) is 3.07. The largest absolute Gasteiger partial charge is 0.388 e. The van der Waals surface area contributed by atoms with Gasteiger partial charge >= 0.3 is 0 Å². The van der Waals surface area contributed by atoms with Gasteiger partial charge in [-0.15, -0.1) is 0 Å². The summed E-state index contributed by atoms with van der Waals surface area (Å²) < 4.78 is 6.78. The Hall–Kier alpha value is -1.47. The van der Waals surface area contributed by atoms with Gasteiger partial charge in [-0.05, 0) is 0 Å². The molecule has 0 unspecified atom stereocenters. The van der Waals surface area contributed by atoms with E-state index in [-0.39, 0.29) is 12.5 Å². The standard InChI is InChI=1S/C11H18N4O3/c16-10(1-4-15-9-12-8-14-15)13-7-11(17)2-5-18-6-3-11/h8-9,17H,1-7H2,(H,13,16). The fourth-order valence-electron chi connectivity index (χ4n) is 1.84. The molecule has 0 radical (unpaired) electrons. The van der Waals surface area contributed by atoms with E-state index in [0.29, 0.717) is 39.0 Å². The molecule has 2 rings (SSSR count). The molecule has 7 heteroatoms. The molecule has 0 atom stereocenters. The van der Waals surface area contributed by atoms with Gasteiger partial charge in [-0.25, -0.2) is 4.98 Å². The highest BCUT2D eigenvalue weighted by Crippen LogP contribution is 2.19. The number of aliphatic hydroxyl groups is 1. The van der Waals surface area contributed by atoms with Crippen molar-refractivity contribution in [3.05, 3.63) is 12.7 Å². The van der Waals surface area contributed by atoms with E-state index in [9.17, 15) is 9.90 Å². The highest BCUT2D eigenvalue weighted by atomic mass is 16.5. The molecule has 1 aromatic heterocycles. The number of hydrogen-bond acceptors (Lipinski definition) is 5. The Balaban J connectivity index is 1.68. The van der Waals surface area contributed by atoms with Crippen LogP contribution in [0.3, 0.4) is 0 Å². The van der Waals surface area contributed by atoms with Crippen LogP contribution >= 0.6 is 0 Å². The molecule has 0 bridgehead atoms. The van der Waals surface area contributed by atoms with E-state index in [2.05, 4.69) is 15.4 Å². The van der Waals surface area contributed by atoms with E-state index in [1.165, 1.54) is 6.33 Å². The fraction of sp³-hybridized carbons (Fsp3) is 0.727. The second-order valence-electron chi connectivity index (χ2n) is 4.52. The average Bonchev–Trinajstić information content (AvgIpc) is 2.88. The van der Waals surface area contributed by atoms with Crippen molar-refractivity contribution in [3.8, 4) is 0 Å². The van der Waals surface area contributed by atoms with E-state index < -0.39 is 5.60 Å². The van der Waals surface area contributed by atoms with Crippen LogP contribution in [0.4, 0.5) is 0 Å². The van der Waals surface area contributed by atoms with Gasteiger partial charge in [-0.1, -0.05) is 0 Å². The third kappa shape index (κ3) is 3.78. The van der Waals surface area contributed by atoms with Gasteiger partial charge in [0.05, 0.1) is 12.1 Å². The molecule has 100 valence electrons. The summed E-state index contributed by atoms with van der Waals surface area (Å²) in [6.07, 6.45) is 4.46. The van der Waals surface area contributed by atoms with Crippen molar-refractivity contribution in [3.63, 3.8) is 0 Å². The Morgan fingerprint density at radius 1 is 1.50 bits per heavy atom. The van der Waals surface area contributed by atoms with Gasteiger partial charge in [-0.3, -0.25) is 9.48 Å². The molecule has 1 amide bonds. The second kappa shape index (κ2) is 5.92. The van der Waals surface area contributed by atoms with Crippen LogP contribution in [0.5, 0.6) is 0 Å². The van der Waals surface area contributed by atoms with Crippen molar-refractivity contribution in [1.29, 1.82) is 0 Å². The minimum atomic E-state index is -0.818. The smallest absolute Gasteiger partial charge is 0.221 e. The van der Waals surface area contributed by atoms with Crippen molar-refractivity contribution in [2.75, 3.05) is 19.8 Å². The van der Waals surface area contributed by atoms with Gasteiger partial charge in [0.25, 0.3) is 0 Å². The zero-order chi connectivity index (χ0) is 12.8. The van der Waals surface area contributed by atoms with Crippen molar-refractivity contribution in [2.45, 2.75) is 31.4 Å². The SMILES string of the molecule is O=C(CCn1cncn1)NCC1(O)CCOCC1. The number of nitrogens with one attached hydrogen (secondary N) is 1. The maximum Gasteiger partial charge on any atom is 0.221 e. The fourth-order valence-corrected chi connectivity index (χ4v) is 1.84. The lowest BCUT2D eigenvalue weighted by molar-refractivity contribution is -0.124. The van der Waals surface area contributed by atoms with Crippen LogP contribution in [0.25, 0.3) is 0 Å². The van der Waals surface area contributed by atoms with E-state index >= 15 is 0 Å². The third-order valence-corrected chi connectivity index (χ3v) is 3.07. The molecule has 18 heavy (non-hydrogen) atoms. The molecule has 2 N–H and O–H groups in total. The van der Waals surface area contributed by atoms with Gasteiger partial charge in [0.2, 0.25) is 5.91 Å². The lowest BCUT2D eigenvalue weighted by atomic mass is 9.94. The summed E-state index contributed by atoms with van der Waals surface area (Å²) in [4.78, 5) is 15.4. The quantitative estimate of drug-likeness (QED) is 0.727. The predicted molar refractivity (Wildman–Crippen MR) is 62.7 cm³/mol. The van der Waals surface area contributed by atoms with Crippen molar-refractivity contribution < 1.29 is 14.6 Å². The van der Waals surface area contributed by atoms with Crippen molar-refractivity contribution >= 4 is 5.91 Å². The highest BCUT2D eigenvalue weighted by Gasteiger charge is 2.29. The maximum atomic E-state index is 11.6. The summed E-state index contributed by atoms with van der Waals surface area (Å²) >= 11 is 0. The molecular formula is C11H18N4O3. The molecule has 0 aromatic carbocycles. The molecule has 1 aromatic rings. The van der Waals surface area contributed by atoms with Crippen LogP contribution in [-0.4, -0.2) is 51.1 Å². The first-order valence-electron chi connectivity index (χ1n) is 6.07. The van der Waals surface area contributed by atoms with Gasteiger partial charge in [0.1, 0.15) is 12.7 Å². The first kappa shape index (κ1) is 13.0. The molecule has 7 nitrogen and oxygen atoms in total. The summed E-state index contributed by atoms with van der Waals surface area (Å²) in [7, 11) is 0. The number of amides is 1. The second-order valence-corrected chi connectivity index (χ2v) is 4.52. The predicted octanol–water partition coefficient (Wildman–Crippen LogP) is -0.674. The number of hydrogen-bond donors (Lipinski definition) is 2. The number of aryl methyl sites for hydroxylation is 1. The molecule has 0 saturated carbocycles. The Labute approximate surface area is 105 Å². The van der Waals surface area contributed by atoms with E-state index in [1.807, 2.05) is 0 Å². The van der Waals surface area contributed by atoms with Crippen LogP contribution in [0, 0.1) is 0 Å². The average molecular weight is 254 g/mol. The Morgan fingerprint density at radius 2 is 2.28 bits per heavy atom. The Bertz CT molecular complexity index is 374. The van der Waals surface area contributed by atoms with Crippen LogP contribution < -0.4 is 5.32 Å². The number of nitrogens with zero attached hydrogens (tertiary/aromatic N) is 3. The number of carbonyl (C=O) groups excluding carboxylic acids is 1. The zero-order valence-corrected chi connectivity index (χ0v) is 10.2. The minimum Gasteiger partial charge on any atom is -0.388 e. The zero-order valence-electron chi connectivity index (χ0n) is 10.2. The number of aromatic nitrogens is 3. The molecule has 2 heterocycles. The van der Waals surface area contributed by atoms with Crippen LogP contribution in [0.15, 0.2) is 12.7 Å². The summed E-state index contributed by atoms with van der Waals surface area (Å²) in [5.41, 5.74) is -0.818.